The molecule has 1 rings (SSSR count). The molecule has 1 aliphatic rings. The molecule has 0 atom stereocenters. The minimum atomic E-state index is -0.273. The molecule has 0 amide bonds. The SMILES string of the molecule is CC1(C)COCCOCCOCO1. The van der Waals surface area contributed by atoms with Crippen molar-refractivity contribution >= 4 is 0 Å². The normalized spacial score (nSPS) is 26.3. The van der Waals surface area contributed by atoms with Crippen molar-refractivity contribution in [3.63, 3.8) is 0 Å². The van der Waals surface area contributed by atoms with Crippen LogP contribution in [0.4, 0.5) is 0 Å². The first-order chi connectivity index (χ1) is 6.21. The van der Waals surface area contributed by atoms with Gasteiger partial charge >= 0.3 is 0 Å². The largest absolute Gasteiger partial charge is 0.377 e. The minimum absolute atomic E-state index is 0.273. The Morgan fingerprint density at radius 2 is 1.46 bits per heavy atom. The fraction of sp³-hybridized carbons (Fsp3) is 1.00. The first-order valence-corrected chi connectivity index (χ1v) is 4.58. The summed E-state index contributed by atoms with van der Waals surface area (Å²) < 4.78 is 21.3. The van der Waals surface area contributed by atoms with E-state index < -0.39 is 0 Å². The molecule has 0 bridgehead atoms. The van der Waals surface area contributed by atoms with Crippen LogP contribution in [-0.2, 0) is 18.9 Å². The highest BCUT2D eigenvalue weighted by Crippen LogP contribution is 2.09. The molecule has 78 valence electrons. The lowest BCUT2D eigenvalue weighted by molar-refractivity contribution is -0.148. The quantitative estimate of drug-likeness (QED) is 0.566. The van der Waals surface area contributed by atoms with Gasteiger partial charge in [0.25, 0.3) is 0 Å². The first-order valence-electron chi connectivity index (χ1n) is 4.58. The molecular weight excluding hydrogens is 172 g/mol. The van der Waals surface area contributed by atoms with Gasteiger partial charge in [-0.05, 0) is 13.8 Å². The van der Waals surface area contributed by atoms with E-state index in [4.69, 9.17) is 18.9 Å². The molecule has 0 aliphatic carbocycles. The number of ether oxygens (including phenoxy) is 4. The fourth-order valence-electron chi connectivity index (χ4n) is 0.958. The van der Waals surface area contributed by atoms with Crippen LogP contribution in [0.15, 0.2) is 0 Å². The molecule has 0 N–H and O–H groups in total. The Morgan fingerprint density at radius 1 is 0.846 bits per heavy atom. The van der Waals surface area contributed by atoms with Crippen LogP contribution in [0.1, 0.15) is 13.8 Å². The van der Waals surface area contributed by atoms with Crippen LogP contribution in [0.2, 0.25) is 0 Å². The Morgan fingerprint density at radius 3 is 2.23 bits per heavy atom. The van der Waals surface area contributed by atoms with Gasteiger partial charge in [0.15, 0.2) is 0 Å². The van der Waals surface area contributed by atoms with Gasteiger partial charge in [-0.3, -0.25) is 0 Å². The zero-order valence-electron chi connectivity index (χ0n) is 8.38. The molecule has 0 saturated carbocycles. The maximum atomic E-state index is 5.46. The summed E-state index contributed by atoms with van der Waals surface area (Å²) in [6.45, 7) is 7.26. The van der Waals surface area contributed by atoms with Crippen molar-refractivity contribution in [2.24, 2.45) is 0 Å². The van der Waals surface area contributed by atoms with Crippen LogP contribution < -0.4 is 0 Å². The molecule has 0 aromatic carbocycles. The van der Waals surface area contributed by atoms with Gasteiger partial charge in [-0.1, -0.05) is 0 Å². The summed E-state index contributed by atoms with van der Waals surface area (Å²) in [5, 5.41) is 0. The van der Waals surface area contributed by atoms with Crippen LogP contribution in [0.25, 0.3) is 0 Å². The van der Waals surface area contributed by atoms with E-state index in [0.29, 0.717) is 39.8 Å². The summed E-state index contributed by atoms with van der Waals surface area (Å²) in [7, 11) is 0. The van der Waals surface area contributed by atoms with E-state index in [9.17, 15) is 0 Å². The lowest BCUT2D eigenvalue weighted by atomic mass is 10.1. The number of rotatable bonds is 0. The standard InChI is InChI=1S/C9H18O4/c1-9(2)7-11-5-3-10-4-6-12-8-13-9/h3-8H2,1-2H3. The third kappa shape index (κ3) is 5.21. The van der Waals surface area contributed by atoms with Crippen LogP contribution in [0, 0.1) is 0 Å². The van der Waals surface area contributed by atoms with Crippen molar-refractivity contribution in [2.75, 3.05) is 39.8 Å². The molecule has 4 heteroatoms. The number of hydrogen-bond acceptors (Lipinski definition) is 4. The highest BCUT2D eigenvalue weighted by atomic mass is 16.7. The Hall–Kier alpha value is -0.160. The highest BCUT2D eigenvalue weighted by molar-refractivity contribution is 4.66. The maximum absolute atomic E-state index is 5.46. The van der Waals surface area contributed by atoms with E-state index in [2.05, 4.69) is 0 Å². The van der Waals surface area contributed by atoms with Crippen LogP contribution >= 0.6 is 0 Å². The van der Waals surface area contributed by atoms with Crippen molar-refractivity contribution in [3.8, 4) is 0 Å². The molecule has 4 nitrogen and oxygen atoms in total. The van der Waals surface area contributed by atoms with Gasteiger partial charge < -0.3 is 18.9 Å². The van der Waals surface area contributed by atoms with Crippen molar-refractivity contribution in [2.45, 2.75) is 19.4 Å². The van der Waals surface area contributed by atoms with E-state index in [1.165, 1.54) is 0 Å². The molecule has 0 spiro atoms. The van der Waals surface area contributed by atoms with E-state index in [-0.39, 0.29) is 5.60 Å². The predicted molar refractivity (Wildman–Crippen MR) is 47.6 cm³/mol. The highest BCUT2D eigenvalue weighted by Gasteiger charge is 2.18. The molecule has 0 radical (unpaired) electrons. The fourth-order valence-corrected chi connectivity index (χ4v) is 0.958. The summed E-state index contributed by atoms with van der Waals surface area (Å²) in [5.41, 5.74) is -0.273. The smallest absolute Gasteiger partial charge is 0.147 e. The molecule has 0 aromatic rings. The molecule has 1 aliphatic heterocycles. The van der Waals surface area contributed by atoms with Gasteiger partial charge in [-0.25, -0.2) is 0 Å². The molecule has 1 heterocycles. The average Bonchev–Trinajstić information content (AvgIpc) is 2.10. The summed E-state index contributed by atoms with van der Waals surface area (Å²) in [5.74, 6) is 0. The lowest BCUT2D eigenvalue weighted by Crippen LogP contribution is -2.32. The van der Waals surface area contributed by atoms with Crippen LogP contribution in [0.3, 0.4) is 0 Å². The third-order valence-corrected chi connectivity index (χ3v) is 1.73. The Balaban J connectivity index is 2.27. The summed E-state index contributed by atoms with van der Waals surface area (Å²) in [6, 6.07) is 0. The second kappa shape index (κ2) is 5.54. The Labute approximate surface area is 79.1 Å². The summed E-state index contributed by atoms with van der Waals surface area (Å²) >= 11 is 0. The number of hydrogen-bond donors (Lipinski definition) is 0. The van der Waals surface area contributed by atoms with Gasteiger partial charge in [-0.2, -0.15) is 0 Å². The van der Waals surface area contributed by atoms with Crippen molar-refractivity contribution in [1.29, 1.82) is 0 Å². The zero-order valence-corrected chi connectivity index (χ0v) is 8.38. The van der Waals surface area contributed by atoms with E-state index in [1.54, 1.807) is 0 Å². The molecule has 1 saturated heterocycles. The molecule has 1 fully saturated rings. The topological polar surface area (TPSA) is 36.9 Å². The van der Waals surface area contributed by atoms with Gasteiger partial charge in [0.05, 0.1) is 38.6 Å². The molecule has 0 unspecified atom stereocenters. The van der Waals surface area contributed by atoms with Crippen molar-refractivity contribution in [1.82, 2.24) is 0 Å². The molecule has 13 heavy (non-hydrogen) atoms. The van der Waals surface area contributed by atoms with Gasteiger partial charge in [0.2, 0.25) is 0 Å². The second-order valence-corrected chi connectivity index (χ2v) is 3.60. The van der Waals surface area contributed by atoms with Gasteiger partial charge in [0.1, 0.15) is 6.79 Å². The molecule has 0 aromatic heterocycles. The third-order valence-electron chi connectivity index (χ3n) is 1.73. The minimum Gasteiger partial charge on any atom is -0.377 e. The van der Waals surface area contributed by atoms with Crippen LogP contribution in [-0.4, -0.2) is 45.4 Å². The monoisotopic (exact) mass is 190 g/mol. The van der Waals surface area contributed by atoms with E-state index in [1.807, 2.05) is 13.8 Å². The van der Waals surface area contributed by atoms with Gasteiger partial charge in [-0.15, -0.1) is 0 Å². The second-order valence-electron chi connectivity index (χ2n) is 3.60. The Kier molecular flexibility index (Phi) is 4.66. The van der Waals surface area contributed by atoms with E-state index >= 15 is 0 Å². The lowest BCUT2D eigenvalue weighted by Gasteiger charge is -2.24. The summed E-state index contributed by atoms with van der Waals surface area (Å²) in [4.78, 5) is 0. The van der Waals surface area contributed by atoms with Crippen molar-refractivity contribution in [3.05, 3.63) is 0 Å². The Bertz CT molecular complexity index is 122. The van der Waals surface area contributed by atoms with Gasteiger partial charge in [0, 0.05) is 0 Å². The average molecular weight is 190 g/mol. The predicted octanol–water partition coefficient (Wildman–Crippen LogP) is 0.802. The van der Waals surface area contributed by atoms with E-state index in [0.717, 1.165) is 0 Å². The van der Waals surface area contributed by atoms with Crippen LogP contribution in [0.5, 0.6) is 0 Å². The first kappa shape index (κ1) is 10.9. The summed E-state index contributed by atoms with van der Waals surface area (Å²) in [6.07, 6.45) is 0. The zero-order chi connectivity index (χ0) is 9.57. The maximum Gasteiger partial charge on any atom is 0.147 e. The van der Waals surface area contributed by atoms with Crippen molar-refractivity contribution < 1.29 is 18.9 Å². The molecular formula is C9H18O4.